The van der Waals surface area contributed by atoms with Gasteiger partial charge in [-0.2, -0.15) is 0 Å². The van der Waals surface area contributed by atoms with Gasteiger partial charge in [-0.3, -0.25) is 4.79 Å². The number of hydrogen-bond donors (Lipinski definition) is 1. The largest absolute Gasteiger partial charge is 0.370 e. The summed E-state index contributed by atoms with van der Waals surface area (Å²) >= 11 is 11.8. The van der Waals surface area contributed by atoms with Crippen molar-refractivity contribution < 1.29 is 13.9 Å². The smallest absolute Gasteiger partial charge is 0.272 e. The fraction of sp³-hybridized carbons (Fsp3) is 0.286. The number of aromatic amines is 1. The van der Waals surface area contributed by atoms with Crippen molar-refractivity contribution in [2.24, 2.45) is 0 Å². The number of ether oxygens (including phenoxy) is 1. The SMILES string of the molecule is O=C(c1cnc[nH]1)N1CCO[C@@H](c2cc(F)c(Cl)cc2Cl)C1. The Bertz CT molecular complexity index is 694. The van der Waals surface area contributed by atoms with E-state index in [-0.39, 0.29) is 17.5 Å². The number of nitrogens with one attached hydrogen (secondary N) is 1. The molecule has 0 bridgehead atoms. The highest BCUT2D eigenvalue weighted by Crippen LogP contribution is 2.32. The molecule has 1 fully saturated rings. The monoisotopic (exact) mass is 343 g/mol. The van der Waals surface area contributed by atoms with E-state index in [1.165, 1.54) is 24.7 Å². The van der Waals surface area contributed by atoms with Crippen molar-refractivity contribution >= 4 is 29.1 Å². The second kappa shape index (κ2) is 6.24. The minimum atomic E-state index is -0.568. The number of morpholine rings is 1. The Morgan fingerprint density at radius 1 is 1.41 bits per heavy atom. The zero-order valence-electron chi connectivity index (χ0n) is 11.4. The van der Waals surface area contributed by atoms with Crippen LogP contribution in [0.5, 0.6) is 0 Å². The van der Waals surface area contributed by atoms with Crippen molar-refractivity contribution in [2.75, 3.05) is 19.7 Å². The summed E-state index contributed by atoms with van der Waals surface area (Å²) in [5.74, 6) is -0.752. The summed E-state index contributed by atoms with van der Waals surface area (Å²) in [6.45, 7) is 1.06. The van der Waals surface area contributed by atoms with E-state index in [0.717, 1.165) is 0 Å². The van der Waals surface area contributed by atoms with Crippen LogP contribution in [0.3, 0.4) is 0 Å². The molecule has 2 aromatic rings. The highest BCUT2D eigenvalue weighted by molar-refractivity contribution is 6.35. The molecule has 1 amide bonds. The Labute approximate surface area is 136 Å². The third-order valence-electron chi connectivity index (χ3n) is 3.47. The summed E-state index contributed by atoms with van der Waals surface area (Å²) in [7, 11) is 0. The first-order valence-electron chi connectivity index (χ1n) is 6.60. The Morgan fingerprint density at radius 3 is 2.95 bits per heavy atom. The van der Waals surface area contributed by atoms with Gasteiger partial charge < -0.3 is 14.6 Å². The van der Waals surface area contributed by atoms with E-state index < -0.39 is 11.9 Å². The van der Waals surface area contributed by atoms with Crippen molar-refractivity contribution in [1.29, 1.82) is 0 Å². The predicted molar refractivity (Wildman–Crippen MR) is 79.6 cm³/mol. The summed E-state index contributed by atoms with van der Waals surface area (Å²) in [6, 6.07) is 2.59. The van der Waals surface area contributed by atoms with E-state index in [2.05, 4.69) is 9.97 Å². The Hall–Kier alpha value is -1.63. The molecule has 1 aromatic carbocycles. The Morgan fingerprint density at radius 2 is 2.23 bits per heavy atom. The van der Waals surface area contributed by atoms with E-state index in [1.807, 2.05) is 0 Å². The molecule has 116 valence electrons. The molecule has 22 heavy (non-hydrogen) atoms. The average molecular weight is 344 g/mol. The average Bonchev–Trinajstić information content (AvgIpc) is 3.04. The van der Waals surface area contributed by atoms with E-state index in [9.17, 15) is 9.18 Å². The van der Waals surface area contributed by atoms with Crippen LogP contribution in [0.2, 0.25) is 10.0 Å². The van der Waals surface area contributed by atoms with Crippen LogP contribution < -0.4 is 0 Å². The molecule has 1 aromatic heterocycles. The number of benzene rings is 1. The molecule has 0 saturated carbocycles. The maximum Gasteiger partial charge on any atom is 0.272 e. The second-order valence-electron chi connectivity index (χ2n) is 4.86. The van der Waals surface area contributed by atoms with E-state index in [1.54, 1.807) is 4.90 Å². The van der Waals surface area contributed by atoms with Gasteiger partial charge >= 0.3 is 0 Å². The number of nitrogens with zero attached hydrogens (tertiary/aromatic N) is 2. The quantitative estimate of drug-likeness (QED) is 0.852. The van der Waals surface area contributed by atoms with Crippen LogP contribution in [0.4, 0.5) is 4.39 Å². The van der Waals surface area contributed by atoms with Gasteiger partial charge in [0.2, 0.25) is 0 Å². The normalized spacial score (nSPS) is 18.5. The number of aromatic nitrogens is 2. The summed E-state index contributed by atoms with van der Waals surface area (Å²) in [4.78, 5) is 20.5. The molecule has 1 aliphatic rings. The van der Waals surface area contributed by atoms with Gasteiger partial charge in [-0.05, 0) is 12.1 Å². The lowest BCUT2D eigenvalue weighted by Gasteiger charge is -2.33. The van der Waals surface area contributed by atoms with E-state index in [0.29, 0.717) is 29.4 Å². The maximum atomic E-state index is 13.7. The van der Waals surface area contributed by atoms with Gasteiger partial charge in [0.15, 0.2) is 0 Å². The summed E-state index contributed by atoms with van der Waals surface area (Å²) in [5, 5.41) is 0.266. The second-order valence-corrected chi connectivity index (χ2v) is 5.68. The Kier molecular flexibility index (Phi) is 4.33. The number of halogens is 3. The summed E-state index contributed by atoms with van der Waals surface area (Å²) in [5.41, 5.74) is 0.875. The van der Waals surface area contributed by atoms with Crippen LogP contribution in [0.25, 0.3) is 0 Å². The fourth-order valence-electron chi connectivity index (χ4n) is 2.35. The van der Waals surface area contributed by atoms with Gasteiger partial charge in [-0.25, -0.2) is 9.37 Å². The maximum absolute atomic E-state index is 13.7. The van der Waals surface area contributed by atoms with Gasteiger partial charge in [0.05, 0.1) is 30.7 Å². The zero-order valence-corrected chi connectivity index (χ0v) is 12.9. The predicted octanol–water partition coefficient (Wildman–Crippen LogP) is 3.07. The molecule has 5 nitrogen and oxygen atoms in total. The summed E-state index contributed by atoms with van der Waals surface area (Å²) < 4.78 is 19.3. The van der Waals surface area contributed by atoms with Crippen molar-refractivity contribution in [3.63, 3.8) is 0 Å². The standard InChI is InChI=1S/C14H12Cl2FN3O2/c15-9-4-10(16)11(17)3-8(9)13-6-20(1-2-22-13)14(21)12-5-18-7-19-12/h3-5,7,13H,1-2,6H2,(H,18,19)/t13-/m1/s1. The minimum absolute atomic E-state index is 0.0463. The lowest BCUT2D eigenvalue weighted by molar-refractivity contribution is -0.0230. The number of H-pyrrole nitrogens is 1. The van der Waals surface area contributed by atoms with E-state index in [4.69, 9.17) is 27.9 Å². The highest BCUT2D eigenvalue weighted by Gasteiger charge is 2.28. The van der Waals surface area contributed by atoms with Gasteiger partial charge in [0.1, 0.15) is 17.6 Å². The van der Waals surface area contributed by atoms with Crippen LogP contribution in [-0.2, 0) is 4.74 Å². The van der Waals surface area contributed by atoms with Crippen LogP contribution in [0.1, 0.15) is 22.2 Å². The number of hydrogen-bond acceptors (Lipinski definition) is 3. The zero-order chi connectivity index (χ0) is 15.7. The first-order chi connectivity index (χ1) is 10.6. The van der Waals surface area contributed by atoms with Gasteiger partial charge in [-0.15, -0.1) is 0 Å². The van der Waals surface area contributed by atoms with Crippen LogP contribution in [0, 0.1) is 5.82 Å². The van der Waals surface area contributed by atoms with Gasteiger partial charge in [0, 0.05) is 17.1 Å². The van der Waals surface area contributed by atoms with Crippen molar-refractivity contribution in [3.05, 3.63) is 51.8 Å². The van der Waals surface area contributed by atoms with Crippen molar-refractivity contribution in [3.8, 4) is 0 Å². The third-order valence-corrected chi connectivity index (χ3v) is 4.09. The minimum Gasteiger partial charge on any atom is -0.370 e. The third kappa shape index (κ3) is 2.95. The number of rotatable bonds is 2. The first-order valence-corrected chi connectivity index (χ1v) is 7.35. The molecular formula is C14H12Cl2FN3O2. The lowest BCUT2D eigenvalue weighted by atomic mass is 10.1. The van der Waals surface area contributed by atoms with Gasteiger partial charge in [-0.1, -0.05) is 23.2 Å². The topological polar surface area (TPSA) is 58.2 Å². The Balaban J connectivity index is 1.81. The van der Waals surface area contributed by atoms with Crippen LogP contribution in [0.15, 0.2) is 24.7 Å². The van der Waals surface area contributed by atoms with E-state index >= 15 is 0 Å². The molecule has 8 heteroatoms. The van der Waals surface area contributed by atoms with Crippen molar-refractivity contribution in [2.45, 2.75) is 6.10 Å². The number of amides is 1. The number of imidazole rings is 1. The molecule has 0 spiro atoms. The summed E-state index contributed by atoms with van der Waals surface area (Å²) in [6.07, 6.45) is 2.40. The molecule has 0 aliphatic carbocycles. The van der Waals surface area contributed by atoms with Gasteiger partial charge in [0.25, 0.3) is 5.91 Å². The molecule has 1 saturated heterocycles. The van der Waals surface area contributed by atoms with Crippen molar-refractivity contribution in [1.82, 2.24) is 14.9 Å². The lowest BCUT2D eigenvalue weighted by Crippen LogP contribution is -2.42. The fourth-order valence-corrected chi connectivity index (χ4v) is 2.85. The molecule has 0 radical (unpaired) electrons. The molecular weight excluding hydrogens is 332 g/mol. The van der Waals surface area contributed by atoms with Crippen LogP contribution >= 0.6 is 23.2 Å². The number of carbonyl (C=O) groups is 1. The molecule has 1 aliphatic heterocycles. The molecule has 0 unspecified atom stereocenters. The molecule has 1 atom stereocenters. The van der Waals surface area contributed by atoms with Crippen LogP contribution in [-0.4, -0.2) is 40.5 Å². The molecule has 3 rings (SSSR count). The first kappa shape index (κ1) is 15.3. The highest BCUT2D eigenvalue weighted by atomic mass is 35.5. The number of carbonyl (C=O) groups excluding carboxylic acids is 1. The molecule has 2 heterocycles. The molecule has 1 N–H and O–H groups in total.